The molecule has 1 atom stereocenters. The Bertz CT molecular complexity index is 74.8. The van der Waals surface area contributed by atoms with Crippen LogP contribution in [0.4, 0.5) is 4.39 Å². The largest absolute Gasteiger partial charge is 0.249 e. The van der Waals surface area contributed by atoms with E-state index in [4.69, 9.17) is 0 Å². The zero-order valence-electron chi connectivity index (χ0n) is 5.10. The number of rotatable bonds is 3. The predicted molar refractivity (Wildman–Crippen MR) is 30.4 cm³/mol. The molecule has 0 spiro atoms. The maximum atomic E-state index is 11.6. The molecule has 0 aromatic heterocycles. The van der Waals surface area contributed by atoms with Gasteiger partial charge in [-0.25, -0.2) is 4.39 Å². The van der Waals surface area contributed by atoms with Gasteiger partial charge in [-0.15, -0.1) is 0 Å². The second-order valence-electron chi connectivity index (χ2n) is 2.07. The van der Waals surface area contributed by atoms with E-state index in [1.807, 2.05) is 0 Å². The smallest absolute Gasteiger partial charge is 0.122 e. The van der Waals surface area contributed by atoms with E-state index < -0.39 is 12.7 Å². The lowest BCUT2D eigenvalue weighted by molar-refractivity contribution is 0.365. The minimum absolute atomic E-state index is 0.0255. The first-order chi connectivity index (χ1) is 3.72. The monoisotopic (exact) mass is 119 g/mol. The Morgan fingerprint density at radius 3 is 2.12 bits per heavy atom. The third-order valence-corrected chi connectivity index (χ3v) is 1.06. The maximum Gasteiger partial charge on any atom is 0.122 e. The van der Waals surface area contributed by atoms with E-state index in [2.05, 4.69) is 5.18 Å². The molecule has 0 saturated carbocycles. The van der Waals surface area contributed by atoms with Crippen LogP contribution in [0, 0.1) is 10.8 Å². The van der Waals surface area contributed by atoms with E-state index in [1.54, 1.807) is 13.8 Å². The first-order valence-electron chi connectivity index (χ1n) is 2.60. The zero-order chi connectivity index (χ0) is 6.57. The quantitative estimate of drug-likeness (QED) is 0.520. The highest BCUT2D eigenvalue weighted by Gasteiger charge is 2.11. The molecule has 0 heterocycles. The van der Waals surface area contributed by atoms with E-state index >= 15 is 0 Å². The molecule has 0 rings (SSSR count). The van der Waals surface area contributed by atoms with Crippen molar-refractivity contribution in [3.8, 4) is 0 Å². The van der Waals surface area contributed by atoms with Crippen LogP contribution >= 0.6 is 0 Å². The van der Waals surface area contributed by atoms with Crippen LogP contribution < -0.4 is 0 Å². The fourth-order valence-electron chi connectivity index (χ4n) is 0.328. The molecule has 0 aromatic rings. The van der Waals surface area contributed by atoms with Crippen molar-refractivity contribution < 1.29 is 4.39 Å². The minimum Gasteiger partial charge on any atom is -0.249 e. The third kappa shape index (κ3) is 2.00. The molecule has 2 nitrogen and oxygen atoms in total. The van der Waals surface area contributed by atoms with E-state index in [0.717, 1.165) is 0 Å². The highest BCUT2D eigenvalue weighted by molar-refractivity contribution is 4.66. The van der Waals surface area contributed by atoms with E-state index in [1.165, 1.54) is 0 Å². The first kappa shape index (κ1) is 7.53. The average Bonchev–Trinajstić information content (AvgIpc) is 1.69. The van der Waals surface area contributed by atoms with Crippen molar-refractivity contribution in [1.29, 1.82) is 0 Å². The Hall–Kier alpha value is -0.470. The fourth-order valence-corrected chi connectivity index (χ4v) is 0.328. The molecule has 0 radical (unpaired) electrons. The van der Waals surface area contributed by atoms with Crippen molar-refractivity contribution in [3.05, 3.63) is 4.91 Å². The molecule has 0 N–H and O–H groups in total. The zero-order valence-corrected chi connectivity index (χ0v) is 5.10. The molecule has 0 amide bonds. The summed E-state index contributed by atoms with van der Waals surface area (Å²) in [6.45, 7) is 2.90. The minimum atomic E-state index is -0.644. The standard InChI is InChI=1S/C5H10FNO/c1-4(2)5(3-6)7-8/h4-5H,3H2,1-2H3. The summed E-state index contributed by atoms with van der Waals surface area (Å²) in [7, 11) is 0. The summed E-state index contributed by atoms with van der Waals surface area (Å²) in [5, 5.41) is 2.58. The first-order valence-corrected chi connectivity index (χ1v) is 2.60. The van der Waals surface area contributed by atoms with Crippen molar-refractivity contribution >= 4 is 0 Å². The molecule has 0 bridgehead atoms. The summed E-state index contributed by atoms with van der Waals surface area (Å²) >= 11 is 0. The summed E-state index contributed by atoms with van der Waals surface area (Å²) in [6.07, 6.45) is 0. The van der Waals surface area contributed by atoms with Crippen molar-refractivity contribution in [1.82, 2.24) is 0 Å². The highest BCUT2D eigenvalue weighted by atomic mass is 19.1. The van der Waals surface area contributed by atoms with E-state index in [9.17, 15) is 9.30 Å². The van der Waals surface area contributed by atoms with Crippen LogP contribution in [-0.2, 0) is 0 Å². The number of hydrogen-bond acceptors (Lipinski definition) is 2. The fraction of sp³-hybridized carbons (Fsp3) is 1.00. The van der Waals surface area contributed by atoms with Crippen LogP contribution in [0.2, 0.25) is 0 Å². The molecule has 3 heteroatoms. The normalized spacial score (nSPS) is 14.0. The number of hydrogen-bond donors (Lipinski definition) is 0. The number of alkyl halides is 1. The summed E-state index contributed by atoms with van der Waals surface area (Å²) in [6, 6.07) is -0.644. The lowest BCUT2D eigenvalue weighted by Crippen LogP contribution is -2.13. The molecular weight excluding hydrogens is 109 g/mol. The van der Waals surface area contributed by atoms with Gasteiger partial charge in [0.1, 0.15) is 12.7 Å². The molecule has 0 saturated heterocycles. The van der Waals surface area contributed by atoms with Crippen LogP contribution in [0.3, 0.4) is 0 Å². The van der Waals surface area contributed by atoms with Crippen LogP contribution in [0.1, 0.15) is 13.8 Å². The number of halogens is 1. The topological polar surface area (TPSA) is 29.4 Å². The van der Waals surface area contributed by atoms with Crippen LogP contribution in [0.25, 0.3) is 0 Å². The number of nitroso groups, excluding NO2 is 1. The Balaban J connectivity index is 3.51. The van der Waals surface area contributed by atoms with Gasteiger partial charge >= 0.3 is 0 Å². The van der Waals surface area contributed by atoms with Gasteiger partial charge in [0, 0.05) is 0 Å². The molecule has 0 aliphatic carbocycles. The summed E-state index contributed by atoms with van der Waals surface area (Å²) in [4.78, 5) is 9.69. The molecular formula is C5H10FNO. The second-order valence-corrected chi connectivity index (χ2v) is 2.07. The predicted octanol–water partition coefficient (Wildman–Crippen LogP) is 1.75. The summed E-state index contributed by atoms with van der Waals surface area (Å²) < 4.78 is 11.6. The molecule has 0 aliphatic rings. The summed E-state index contributed by atoms with van der Waals surface area (Å²) in [5.41, 5.74) is 0. The number of nitrogens with zero attached hydrogens (tertiary/aromatic N) is 1. The van der Waals surface area contributed by atoms with Crippen LogP contribution in [-0.4, -0.2) is 12.7 Å². The van der Waals surface area contributed by atoms with Crippen LogP contribution in [0.5, 0.6) is 0 Å². The lowest BCUT2D eigenvalue weighted by Gasteiger charge is -2.05. The van der Waals surface area contributed by atoms with Crippen molar-refractivity contribution in [2.75, 3.05) is 6.67 Å². The molecule has 1 unspecified atom stereocenters. The van der Waals surface area contributed by atoms with Crippen molar-refractivity contribution in [2.45, 2.75) is 19.9 Å². The Morgan fingerprint density at radius 1 is 1.62 bits per heavy atom. The molecule has 0 aromatic carbocycles. The average molecular weight is 119 g/mol. The molecule has 48 valence electrons. The Morgan fingerprint density at radius 2 is 2.12 bits per heavy atom. The van der Waals surface area contributed by atoms with Gasteiger partial charge in [0.15, 0.2) is 0 Å². The van der Waals surface area contributed by atoms with E-state index in [0.29, 0.717) is 0 Å². The molecule has 0 aliphatic heterocycles. The van der Waals surface area contributed by atoms with Crippen LogP contribution in [0.15, 0.2) is 5.18 Å². The van der Waals surface area contributed by atoms with Gasteiger partial charge in [0.2, 0.25) is 0 Å². The lowest BCUT2D eigenvalue weighted by atomic mass is 10.1. The van der Waals surface area contributed by atoms with Gasteiger partial charge in [-0.05, 0) is 5.92 Å². The van der Waals surface area contributed by atoms with Gasteiger partial charge in [-0.2, -0.15) is 4.91 Å². The van der Waals surface area contributed by atoms with Gasteiger partial charge < -0.3 is 0 Å². The van der Waals surface area contributed by atoms with Gasteiger partial charge in [-0.3, -0.25) is 0 Å². The second kappa shape index (κ2) is 3.52. The Labute approximate surface area is 48.1 Å². The summed E-state index contributed by atoms with van der Waals surface area (Å²) in [5.74, 6) is 0.0255. The van der Waals surface area contributed by atoms with Gasteiger partial charge in [0.25, 0.3) is 0 Å². The van der Waals surface area contributed by atoms with Gasteiger partial charge in [0.05, 0.1) is 0 Å². The third-order valence-electron chi connectivity index (χ3n) is 1.06. The van der Waals surface area contributed by atoms with Crippen molar-refractivity contribution in [2.24, 2.45) is 11.1 Å². The molecule has 0 fully saturated rings. The van der Waals surface area contributed by atoms with Gasteiger partial charge in [-0.1, -0.05) is 19.0 Å². The SMILES string of the molecule is CC(C)C(CF)N=O. The Kier molecular flexibility index (Phi) is 3.31. The van der Waals surface area contributed by atoms with Crippen molar-refractivity contribution in [3.63, 3.8) is 0 Å². The highest BCUT2D eigenvalue weighted by Crippen LogP contribution is 2.05. The molecule has 8 heavy (non-hydrogen) atoms. The maximum absolute atomic E-state index is 11.6. The van der Waals surface area contributed by atoms with E-state index in [-0.39, 0.29) is 5.92 Å².